The van der Waals surface area contributed by atoms with Crippen LogP contribution in [0.3, 0.4) is 0 Å². The Morgan fingerprint density at radius 1 is 1.44 bits per heavy atom. The maximum atomic E-state index is 5.68. The summed E-state index contributed by atoms with van der Waals surface area (Å²) in [4.78, 5) is 6.54. The summed E-state index contributed by atoms with van der Waals surface area (Å²) in [6, 6.07) is 2.27. The van der Waals surface area contributed by atoms with Gasteiger partial charge in [-0.15, -0.1) is 0 Å². The fraction of sp³-hybridized carbons (Fsp3) is 0.583. The van der Waals surface area contributed by atoms with E-state index in [2.05, 4.69) is 60.6 Å². The molecule has 0 bridgehead atoms. The molecule has 0 spiro atoms. The van der Waals surface area contributed by atoms with Gasteiger partial charge in [0, 0.05) is 13.1 Å². The van der Waals surface area contributed by atoms with Gasteiger partial charge < -0.3 is 10.6 Å². The number of hydrogen-bond acceptors (Lipinski definition) is 3. The van der Waals surface area contributed by atoms with Crippen molar-refractivity contribution in [2.24, 2.45) is 5.41 Å². The van der Waals surface area contributed by atoms with E-state index < -0.39 is 0 Å². The van der Waals surface area contributed by atoms with Crippen molar-refractivity contribution in [3.05, 3.63) is 16.7 Å². The van der Waals surface area contributed by atoms with Gasteiger partial charge in [-0.3, -0.25) is 0 Å². The van der Waals surface area contributed by atoms with Gasteiger partial charge in [-0.2, -0.15) is 0 Å². The van der Waals surface area contributed by atoms with Gasteiger partial charge >= 0.3 is 0 Å². The molecule has 90 valence electrons. The maximum Gasteiger partial charge on any atom is 0.143 e. The summed E-state index contributed by atoms with van der Waals surface area (Å²) in [5.41, 5.74) is 6.56. The van der Waals surface area contributed by atoms with E-state index in [1.165, 1.54) is 0 Å². The molecule has 0 aliphatic carbocycles. The first-order valence-corrected chi connectivity index (χ1v) is 6.16. The number of pyridine rings is 1. The van der Waals surface area contributed by atoms with Crippen molar-refractivity contribution in [2.45, 2.75) is 33.7 Å². The van der Waals surface area contributed by atoms with Gasteiger partial charge in [0.15, 0.2) is 0 Å². The lowest BCUT2D eigenvalue weighted by atomic mass is 9.87. The molecule has 1 unspecified atom stereocenters. The number of aromatic nitrogens is 1. The predicted octanol–water partition coefficient (Wildman–Crippen LogP) is 3.30. The molecular formula is C12H20BrN3. The van der Waals surface area contributed by atoms with Crippen molar-refractivity contribution >= 4 is 27.4 Å². The fourth-order valence-electron chi connectivity index (χ4n) is 1.47. The molecule has 3 nitrogen and oxygen atoms in total. The molecule has 0 saturated heterocycles. The third kappa shape index (κ3) is 2.88. The number of nitrogen functional groups attached to an aromatic ring is 1. The van der Waals surface area contributed by atoms with E-state index in [1.54, 1.807) is 6.20 Å². The van der Waals surface area contributed by atoms with Crippen LogP contribution < -0.4 is 10.6 Å². The van der Waals surface area contributed by atoms with E-state index in [1.807, 2.05) is 6.07 Å². The highest BCUT2D eigenvalue weighted by molar-refractivity contribution is 9.10. The molecule has 1 rings (SSSR count). The van der Waals surface area contributed by atoms with Crippen LogP contribution in [0.2, 0.25) is 0 Å². The minimum Gasteiger partial charge on any atom is -0.397 e. The van der Waals surface area contributed by atoms with E-state index in [4.69, 9.17) is 5.73 Å². The molecule has 0 saturated carbocycles. The lowest BCUT2D eigenvalue weighted by molar-refractivity contribution is 0.328. The number of nitrogens with zero attached hydrogens (tertiary/aromatic N) is 2. The van der Waals surface area contributed by atoms with Crippen molar-refractivity contribution in [3.63, 3.8) is 0 Å². The largest absolute Gasteiger partial charge is 0.397 e. The zero-order chi connectivity index (χ0) is 12.5. The number of nitrogens with two attached hydrogens (primary N) is 1. The molecule has 1 atom stereocenters. The second kappa shape index (κ2) is 4.62. The predicted molar refractivity (Wildman–Crippen MR) is 73.7 cm³/mol. The average molecular weight is 286 g/mol. The highest BCUT2D eigenvalue weighted by Gasteiger charge is 2.25. The lowest BCUT2D eigenvalue weighted by Gasteiger charge is -2.36. The van der Waals surface area contributed by atoms with Crippen LogP contribution in [0.15, 0.2) is 16.7 Å². The zero-order valence-corrected chi connectivity index (χ0v) is 12.2. The van der Waals surface area contributed by atoms with E-state index in [-0.39, 0.29) is 5.41 Å². The minimum atomic E-state index is 0.206. The van der Waals surface area contributed by atoms with E-state index in [0.29, 0.717) is 11.7 Å². The van der Waals surface area contributed by atoms with Gasteiger partial charge in [-0.05, 0) is 34.3 Å². The average Bonchev–Trinajstić information content (AvgIpc) is 2.14. The van der Waals surface area contributed by atoms with Crippen molar-refractivity contribution in [1.29, 1.82) is 0 Å². The molecule has 2 N–H and O–H groups in total. The highest BCUT2D eigenvalue weighted by atomic mass is 79.9. The summed E-state index contributed by atoms with van der Waals surface area (Å²) in [5.74, 6) is 0.927. The SMILES string of the molecule is CC(N(C)c1ncc(N)cc1Br)C(C)(C)C. The summed E-state index contributed by atoms with van der Waals surface area (Å²) in [7, 11) is 2.05. The number of anilines is 2. The van der Waals surface area contributed by atoms with Crippen LogP contribution in [-0.4, -0.2) is 18.1 Å². The summed E-state index contributed by atoms with van der Waals surface area (Å²) < 4.78 is 0.936. The van der Waals surface area contributed by atoms with Gasteiger partial charge in [0.2, 0.25) is 0 Å². The monoisotopic (exact) mass is 285 g/mol. The first-order valence-electron chi connectivity index (χ1n) is 5.37. The zero-order valence-electron chi connectivity index (χ0n) is 10.6. The first kappa shape index (κ1) is 13.3. The molecule has 16 heavy (non-hydrogen) atoms. The van der Waals surface area contributed by atoms with Crippen molar-refractivity contribution in [1.82, 2.24) is 4.98 Å². The molecule has 1 aromatic heterocycles. The summed E-state index contributed by atoms with van der Waals surface area (Å²) in [6.07, 6.45) is 1.69. The van der Waals surface area contributed by atoms with Gasteiger partial charge in [0.1, 0.15) is 5.82 Å². The van der Waals surface area contributed by atoms with Crippen molar-refractivity contribution in [2.75, 3.05) is 17.7 Å². The van der Waals surface area contributed by atoms with Crippen LogP contribution in [0, 0.1) is 5.41 Å². The van der Waals surface area contributed by atoms with Crippen molar-refractivity contribution < 1.29 is 0 Å². The quantitative estimate of drug-likeness (QED) is 0.907. The van der Waals surface area contributed by atoms with Crippen LogP contribution >= 0.6 is 15.9 Å². The molecule has 0 aromatic carbocycles. The summed E-state index contributed by atoms with van der Waals surface area (Å²) >= 11 is 3.50. The van der Waals surface area contributed by atoms with E-state index >= 15 is 0 Å². The van der Waals surface area contributed by atoms with E-state index in [9.17, 15) is 0 Å². The smallest absolute Gasteiger partial charge is 0.143 e. The van der Waals surface area contributed by atoms with Crippen LogP contribution in [0.1, 0.15) is 27.7 Å². The third-order valence-electron chi connectivity index (χ3n) is 3.01. The molecule has 1 heterocycles. The molecule has 0 amide bonds. The minimum absolute atomic E-state index is 0.206. The van der Waals surface area contributed by atoms with Crippen molar-refractivity contribution in [3.8, 4) is 0 Å². The summed E-state index contributed by atoms with van der Waals surface area (Å²) in [5, 5.41) is 0. The molecule has 0 aliphatic rings. The van der Waals surface area contributed by atoms with Crippen LogP contribution in [0.4, 0.5) is 11.5 Å². The van der Waals surface area contributed by atoms with Gasteiger partial charge in [-0.1, -0.05) is 20.8 Å². The Bertz CT molecular complexity index is 371. The van der Waals surface area contributed by atoms with Crippen LogP contribution in [-0.2, 0) is 0 Å². The Balaban J connectivity index is 3.01. The highest BCUT2D eigenvalue weighted by Crippen LogP contribution is 2.31. The molecule has 0 fully saturated rings. The van der Waals surface area contributed by atoms with Gasteiger partial charge in [0.25, 0.3) is 0 Å². The maximum absolute atomic E-state index is 5.68. The molecule has 0 radical (unpaired) electrons. The Kier molecular flexibility index (Phi) is 3.84. The first-order chi connectivity index (χ1) is 7.23. The molecule has 0 aliphatic heterocycles. The van der Waals surface area contributed by atoms with Gasteiger partial charge in [0.05, 0.1) is 16.4 Å². The van der Waals surface area contributed by atoms with Crippen LogP contribution in [0.5, 0.6) is 0 Å². The number of halogens is 1. The fourth-order valence-corrected chi connectivity index (χ4v) is 2.12. The number of hydrogen-bond donors (Lipinski definition) is 1. The molecule has 1 aromatic rings. The summed E-state index contributed by atoms with van der Waals surface area (Å²) in [6.45, 7) is 8.86. The normalized spacial score (nSPS) is 13.6. The standard InChI is InChI=1S/C12H20BrN3/c1-8(12(2,3)4)16(5)11-10(13)6-9(14)7-15-11/h6-8H,14H2,1-5H3. The topological polar surface area (TPSA) is 42.2 Å². The van der Waals surface area contributed by atoms with Crippen LogP contribution in [0.25, 0.3) is 0 Å². The van der Waals surface area contributed by atoms with E-state index in [0.717, 1.165) is 10.3 Å². The third-order valence-corrected chi connectivity index (χ3v) is 3.59. The molecule has 4 heteroatoms. The Labute approximate surface area is 106 Å². The second-order valence-corrected chi connectivity index (χ2v) is 6.08. The molecular weight excluding hydrogens is 266 g/mol. The Morgan fingerprint density at radius 2 is 2.00 bits per heavy atom. The Hall–Kier alpha value is -0.770. The Morgan fingerprint density at radius 3 is 2.44 bits per heavy atom. The lowest BCUT2D eigenvalue weighted by Crippen LogP contribution is -2.40. The second-order valence-electron chi connectivity index (χ2n) is 5.23. The van der Waals surface area contributed by atoms with Gasteiger partial charge in [-0.25, -0.2) is 4.98 Å². The number of rotatable bonds is 2.